The lowest BCUT2D eigenvalue weighted by atomic mass is 10.2. The fourth-order valence-electron chi connectivity index (χ4n) is 2.23. The van der Waals surface area contributed by atoms with Crippen molar-refractivity contribution < 1.29 is 15.8 Å². The van der Waals surface area contributed by atoms with E-state index in [0.29, 0.717) is 12.8 Å². The number of hydrogen-bond acceptors (Lipinski definition) is 4. The number of rotatable bonds is 1. The topological polar surface area (TPSA) is 58.1 Å². The highest BCUT2D eigenvalue weighted by molar-refractivity contribution is 6.11. The molecular weight excluding hydrogens is 252 g/mol. The second-order valence-corrected chi connectivity index (χ2v) is 4.65. The highest BCUT2D eigenvalue weighted by Crippen LogP contribution is 2.43. The van der Waals surface area contributed by atoms with E-state index < -0.39 is 48.8 Å². The van der Waals surface area contributed by atoms with Gasteiger partial charge in [0.15, 0.2) is 5.82 Å². The van der Waals surface area contributed by atoms with Crippen molar-refractivity contribution in [1.82, 2.24) is 9.97 Å². The molecule has 20 heavy (non-hydrogen) atoms. The summed E-state index contributed by atoms with van der Waals surface area (Å²) in [5.74, 6) is -0.980. The Kier molecular flexibility index (Phi) is 1.19. The van der Waals surface area contributed by atoms with Gasteiger partial charge in [-0.15, -0.1) is 0 Å². The van der Waals surface area contributed by atoms with Crippen LogP contribution in [0, 0.1) is 6.85 Å². The summed E-state index contributed by atoms with van der Waals surface area (Å²) in [7, 11) is 0. The van der Waals surface area contributed by atoms with Crippen LogP contribution in [-0.4, -0.2) is 21.9 Å². The number of fused-ring (bicyclic) bond motifs is 2. The number of aromatic nitrogens is 2. The van der Waals surface area contributed by atoms with E-state index in [2.05, 4.69) is 15.3 Å². The van der Waals surface area contributed by atoms with Gasteiger partial charge in [-0.2, -0.15) is 0 Å². The summed E-state index contributed by atoms with van der Waals surface area (Å²) in [6.45, 7) is -2.79. The van der Waals surface area contributed by atoms with E-state index in [-0.39, 0.29) is 28.9 Å². The van der Waals surface area contributed by atoms with Gasteiger partial charge in [-0.25, -0.2) is 9.97 Å². The molecule has 4 rings (SSSR count). The van der Waals surface area contributed by atoms with E-state index in [1.165, 1.54) is 4.90 Å². The van der Waals surface area contributed by atoms with Crippen LogP contribution < -0.4 is 10.2 Å². The molecule has 0 aromatic carbocycles. The van der Waals surface area contributed by atoms with Crippen molar-refractivity contribution in [2.75, 3.05) is 10.2 Å². The minimum atomic E-state index is -2.79. The monoisotopic (exact) mass is 274 g/mol. The van der Waals surface area contributed by atoms with Crippen LogP contribution in [0.3, 0.4) is 0 Å². The van der Waals surface area contributed by atoms with Gasteiger partial charge in [0.2, 0.25) is 0 Å². The molecule has 2 aromatic rings. The van der Waals surface area contributed by atoms with Crippen molar-refractivity contribution in [3.05, 3.63) is 41.6 Å². The molecule has 0 atom stereocenters. The van der Waals surface area contributed by atoms with Gasteiger partial charge in [0.1, 0.15) is 5.82 Å². The molecule has 1 aliphatic heterocycles. The SMILES string of the molecule is [2H]c1nc2c(c([2H])c1[2H])C(=O)Nc1c(nc([2H])c([2H])c1C([2H])([2H])[2H])N2C1CC1. The lowest BCUT2D eigenvalue weighted by Crippen LogP contribution is -2.22. The molecule has 100 valence electrons. The number of pyridine rings is 2. The summed E-state index contributed by atoms with van der Waals surface area (Å²) in [6.07, 6.45) is 0.296. The molecule has 5 nitrogen and oxygen atoms in total. The van der Waals surface area contributed by atoms with Crippen LogP contribution in [-0.2, 0) is 0 Å². The van der Waals surface area contributed by atoms with Crippen LogP contribution in [0.2, 0.25) is 0 Å². The van der Waals surface area contributed by atoms with E-state index in [1.54, 1.807) is 0 Å². The average molecular weight is 274 g/mol. The van der Waals surface area contributed by atoms with Gasteiger partial charge < -0.3 is 10.2 Å². The highest BCUT2D eigenvalue weighted by atomic mass is 16.1. The molecule has 0 bridgehead atoms. The first-order valence-electron chi connectivity index (χ1n) is 10.1. The minimum absolute atomic E-state index is 0.0502. The first-order chi connectivity index (χ1) is 13.0. The Morgan fingerprint density at radius 3 is 3.00 bits per heavy atom. The third-order valence-corrected chi connectivity index (χ3v) is 3.28. The second kappa shape index (κ2) is 4.03. The van der Waals surface area contributed by atoms with Crippen LogP contribution in [0.15, 0.2) is 30.5 Å². The van der Waals surface area contributed by atoms with Crippen LogP contribution in [0.5, 0.6) is 0 Å². The Hall–Kier alpha value is -2.43. The molecule has 2 aliphatic rings. The van der Waals surface area contributed by atoms with Gasteiger partial charge in [-0.3, -0.25) is 4.79 Å². The third kappa shape index (κ3) is 1.59. The van der Waals surface area contributed by atoms with Crippen molar-refractivity contribution >= 4 is 23.2 Å². The van der Waals surface area contributed by atoms with Crippen molar-refractivity contribution in [3.63, 3.8) is 0 Å². The average Bonchev–Trinajstić information content (AvgIpc) is 3.40. The predicted octanol–water partition coefficient (Wildman–Crippen LogP) is 2.65. The molecular formula is C15H14N4O. The van der Waals surface area contributed by atoms with Gasteiger partial charge in [0.25, 0.3) is 5.91 Å². The Balaban J connectivity index is 2.10. The number of anilines is 3. The number of amides is 1. The van der Waals surface area contributed by atoms with Gasteiger partial charge in [-0.1, -0.05) is 0 Å². The fraction of sp³-hybridized carbons (Fsp3) is 0.267. The molecule has 1 amide bonds. The summed E-state index contributed by atoms with van der Waals surface area (Å²) >= 11 is 0. The lowest BCUT2D eigenvalue weighted by Gasteiger charge is -2.23. The first-order valence-corrected chi connectivity index (χ1v) is 6.12. The minimum Gasteiger partial charge on any atom is -0.318 e. The van der Waals surface area contributed by atoms with Gasteiger partial charge in [0.05, 0.1) is 18.1 Å². The quantitative estimate of drug-likeness (QED) is 0.868. The fourth-order valence-corrected chi connectivity index (χ4v) is 2.23. The molecule has 0 radical (unpaired) electrons. The summed E-state index contributed by atoms with van der Waals surface area (Å²) < 4.78 is 63.0. The van der Waals surface area contributed by atoms with E-state index in [9.17, 15) is 4.79 Å². The Bertz CT molecular complexity index is 1030. The zero-order chi connectivity index (χ0) is 20.5. The summed E-state index contributed by atoms with van der Waals surface area (Å²) in [4.78, 5) is 22.3. The molecule has 0 spiro atoms. The van der Waals surface area contributed by atoms with Crippen LogP contribution in [0.1, 0.15) is 39.7 Å². The van der Waals surface area contributed by atoms with E-state index >= 15 is 0 Å². The van der Waals surface area contributed by atoms with Crippen LogP contribution in [0.25, 0.3) is 0 Å². The van der Waals surface area contributed by atoms with Crippen LogP contribution in [0.4, 0.5) is 17.3 Å². The number of nitrogens with zero attached hydrogens (tertiary/aromatic N) is 3. The van der Waals surface area contributed by atoms with Crippen molar-refractivity contribution in [3.8, 4) is 0 Å². The number of carbonyl (C=O) groups is 1. The maximum Gasteiger partial charge on any atom is 0.259 e. The maximum absolute atomic E-state index is 12.9. The van der Waals surface area contributed by atoms with Gasteiger partial charge in [-0.05, 0) is 43.4 Å². The molecule has 5 heteroatoms. The van der Waals surface area contributed by atoms with Gasteiger partial charge >= 0.3 is 0 Å². The number of carbonyl (C=O) groups excluding carboxylic acids is 1. The summed E-state index contributed by atoms with van der Waals surface area (Å²) in [5, 5.41) is 2.41. The zero-order valence-electron chi connectivity index (χ0n) is 18.2. The summed E-state index contributed by atoms with van der Waals surface area (Å²) in [6, 6.07) is -1.86. The lowest BCUT2D eigenvalue weighted by molar-refractivity contribution is 0.102. The largest absolute Gasteiger partial charge is 0.318 e. The molecule has 1 N–H and O–H groups in total. The number of nitrogens with one attached hydrogen (secondary N) is 1. The first kappa shape index (κ1) is 5.91. The Morgan fingerprint density at radius 2 is 2.20 bits per heavy atom. The van der Waals surface area contributed by atoms with E-state index in [4.69, 9.17) is 11.0 Å². The molecule has 1 saturated carbocycles. The van der Waals surface area contributed by atoms with E-state index in [0.717, 1.165) is 0 Å². The standard InChI is InChI=1S/C15H14N4O/c1-9-6-8-17-14-12(9)18-15(20)11-3-2-7-16-13(11)19(14)10-4-5-10/h2-3,6-8,10H,4-5H2,1H3,(H,18,20)/i1D3,2D,3D,6D,7D,8D. The molecule has 2 aromatic heterocycles. The van der Waals surface area contributed by atoms with Gasteiger partial charge in [0, 0.05) is 22.5 Å². The molecule has 1 aliphatic carbocycles. The predicted molar refractivity (Wildman–Crippen MR) is 76.3 cm³/mol. The molecule has 3 heterocycles. The van der Waals surface area contributed by atoms with Crippen molar-refractivity contribution in [2.24, 2.45) is 0 Å². The maximum atomic E-state index is 12.9. The van der Waals surface area contributed by atoms with Crippen molar-refractivity contribution in [1.29, 1.82) is 0 Å². The molecule has 0 saturated heterocycles. The highest BCUT2D eigenvalue weighted by Gasteiger charge is 2.37. The Morgan fingerprint density at radius 1 is 1.35 bits per heavy atom. The zero-order valence-corrected chi connectivity index (χ0v) is 10.2. The van der Waals surface area contributed by atoms with Crippen LogP contribution >= 0.6 is 0 Å². The van der Waals surface area contributed by atoms with E-state index in [1.807, 2.05) is 0 Å². The number of hydrogen-bond donors (Lipinski definition) is 1. The normalized spacial score (nSPS) is 23.4. The summed E-state index contributed by atoms with van der Waals surface area (Å²) in [5.41, 5.74) is -1.01. The molecule has 1 fully saturated rings. The molecule has 0 unspecified atom stereocenters. The smallest absolute Gasteiger partial charge is 0.259 e. The Labute approximate surface area is 127 Å². The van der Waals surface area contributed by atoms with Crippen molar-refractivity contribution in [2.45, 2.75) is 25.7 Å². The second-order valence-electron chi connectivity index (χ2n) is 4.65. The third-order valence-electron chi connectivity index (χ3n) is 3.28.